The Hall–Kier alpha value is -3.78. The Bertz CT molecular complexity index is 1800. The molecule has 1 aromatic heterocycles. The van der Waals surface area contributed by atoms with E-state index in [1.807, 2.05) is 0 Å². The van der Waals surface area contributed by atoms with Gasteiger partial charge in [0.1, 0.15) is 15.9 Å². The molecule has 0 saturated carbocycles. The van der Waals surface area contributed by atoms with E-state index in [4.69, 9.17) is 24.6 Å². The van der Waals surface area contributed by atoms with E-state index in [1.54, 1.807) is 4.72 Å². The van der Waals surface area contributed by atoms with Crippen molar-refractivity contribution >= 4 is 45.0 Å². The average Bonchev–Trinajstić information content (AvgIpc) is 3.47. The molecule has 0 radical (unpaired) electrons. The molecular weight excluding hydrogens is 747 g/mol. The molecule has 0 aliphatic carbocycles. The predicted molar refractivity (Wildman–Crippen MR) is 148 cm³/mol. The number of fused-ring (bicyclic) bond motifs is 1. The highest BCUT2D eigenvalue weighted by Crippen LogP contribution is 2.45. The van der Waals surface area contributed by atoms with Gasteiger partial charge in [0.2, 0.25) is 11.5 Å². The number of rotatable bonds is 14. The number of carbonyl (C=O) groups excluding carboxylic acids is 1. The van der Waals surface area contributed by atoms with E-state index in [2.05, 4.69) is 16.0 Å². The van der Waals surface area contributed by atoms with Crippen LogP contribution in [0.1, 0.15) is 24.0 Å². The topological polar surface area (TPSA) is 233 Å². The first kappa shape index (κ1) is 41.4. The Morgan fingerprint density at radius 2 is 1.53 bits per heavy atom. The number of quaternary nitrogens is 2. The molecule has 0 spiro atoms. The first-order valence-corrected chi connectivity index (χ1v) is 17.3. The van der Waals surface area contributed by atoms with Crippen molar-refractivity contribution in [2.75, 3.05) is 32.6 Å². The Kier molecular flexibility index (Phi) is 14.2. The van der Waals surface area contributed by atoms with E-state index >= 15 is 8.78 Å². The number of nitrogens with one attached hydrogen (secondary N) is 1. The fourth-order valence-electron chi connectivity index (χ4n) is 3.40. The van der Waals surface area contributed by atoms with Crippen LogP contribution >= 0.6 is 18.9 Å². The molecule has 13 nitrogen and oxygen atoms in total. The zero-order chi connectivity index (χ0) is 37.4. The fraction of sp³-hybridized carbons (Fsp3) is 0.360. The Balaban J connectivity index is 0.00000107. The third kappa shape index (κ3) is 11.4. The summed E-state index contributed by atoms with van der Waals surface area (Å²) in [6.45, 7) is 0.825. The number of sulfonamides is 1. The highest BCUT2D eigenvalue weighted by molar-refractivity contribution is 7.92. The number of alkyl halides is 6. The van der Waals surface area contributed by atoms with E-state index in [1.165, 1.54) is 6.07 Å². The molecule has 7 N–H and O–H groups in total. The minimum absolute atomic E-state index is 0.0301. The summed E-state index contributed by atoms with van der Waals surface area (Å²) >= 11 is 0.287. The van der Waals surface area contributed by atoms with Gasteiger partial charge in [0.25, 0.3) is 10.0 Å². The number of aliphatic carboxylic acids is 1. The minimum atomic E-state index is -5.21. The second-order valence-electron chi connectivity index (χ2n) is 9.32. The minimum Gasteiger partial charge on any atom is -0.768 e. The number of thiophene rings is 1. The number of carboxylic acids is 1. The molecule has 0 amide bonds. The molecule has 1 heterocycles. The average molecular weight is 773 g/mol. The number of benzene rings is 2. The smallest absolute Gasteiger partial charge is 0.430 e. The molecule has 0 bridgehead atoms. The lowest BCUT2D eigenvalue weighted by Crippen LogP contribution is -2.50. The van der Waals surface area contributed by atoms with Gasteiger partial charge >= 0.3 is 12.4 Å². The van der Waals surface area contributed by atoms with Crippen LogP contribution in [0.2, 0.25) is 0 Å². The van der Waals surface area contributed by atoms with Gasteiger partial charge in [-0.3, -0.25) is 4.57 Å². The van der Waals surface area contributed by atoms with Gasteiger partial charge in [-0.15, -0.1) is 11.3 Å². The fourth-order valence-corrected chi connectivity index (χ4v) is 7.31. The van der Waals surface area contributed by atoms with E-state index in [9.17, 15) is 44.2 Å². The number of carboxylic acid groups (broad SMARTS) is 1. The van der Waals surface area contributed by atoms with Gasteiger partial charge in [0.15, 0.2) is 19.2 Å². The van der Waals surface area contributed by atoms with Crippen molar-refractivity contribution in [3.05, 3.63) is 47.0 Å². The molecule has 272 valence electrons. The number of nitriles is 1. The maximum atomic E-state index is 15.4. The van der Waals surface area contributed by atoms with Crippen molar-refractivity contribution in [3.63, 3.8) is 0 Å². The third-order valence-electron chi connectivity index (χ3n) is 5.64. The molecule has 0 aliphatic rings. The molecule has 0 aliphatic heterocycles. The maximum Gasteiger partial charge on any atom is 0.430 e. The summed E-state index contributed by atoms with van der Waals surface area (Å²) in [5.74, 6) is -7.14. The summed E-state index contributed by atoms with van der Waals surface area (Å²) in [7, 11) is -9.94. The second kappa shape index (κ2) is 16.8. The largest absolute Gasteiger partial charge is 0.768 e. The summed E-state index contributed by atoms with van der Waals surface area (Å²) in [4.78, 5) is 21.2. The highest BCUT2D eigenvalue weighted by Gasteiger charge is 2.35. The van der Waals surface area contributed by atoms with E-state index < -0.39 is 96.5 Å². The summed E-state index contributed by atoms with van der Waals surface area (Å²) in [6.07, 6.45) is -10.8. The van der Waals surface area contributed by atoms with Crippen LogP contribution < -0.4 is 40.2 Å². The number of halogens is 8. The summed E-state index contributed by atoms with van der Waals surface area (Å²) in [5.41, 5.74) is 5.02. The van der Waals surface area contributed by atoms with Crippen molar-refractivity contribution in [3.8, 4) is 23.3 Å². The number of ether oxygens (including phenoxy) is 2. The van der Waals surface area contributed by atoms with Gasteiger partial charge < -0.3 is 40.3 Å². The quantitative estimate of drug-likeness (QED) is 0.121. The second-order valence-corrected chi connectivity index (χ2v) is 14.1. The van der Waals surface area contributed by atoms with Crippen LogP contribution in [0.15, 0.2) is 28.5 Å². The lowest BCUT2D eigenvalue weighted by molar-refractivity contribution is -0.369. The molecule has 2 aromatic carbocycles. The third-order valence-corrected chi connectivity index (χ3v) is 9.89. The van der Waals surface area contributed by atoms with Gasteiger partial charge in [0.05, 0.1) is 54.5 Å². The van der Waals surface area contributed by atoms with Crippen molar-refractivity contribution in [1.29, 1.82) is 5.26 Å². The lowest BCUT2D eigenvalue weighted by atomic mass is 10.1. The van der Waals surface area contributed by atoms with Crippen LogP contribution in [0, 0.1) is 23.0 Å². The van der Waals surface area contributed by atoms with Crippen LogP contribution in [0.25, 0.3) is 10.1 Å². The van der Waals surface area contributed by atoms with Gasteiger partial charge in [-0.2, -0.15) is 31.6 Å². The first-order chi connectivity index (χ1) is 22.6. The van der Waals surface area contributed by atoms with Gasteiger partial charge in [0, 0.05) is 18.2 Å². The van der Waals surface area contributed by atoms with Crippen molar-refractivity contribution in [1.82, 2.24) is 4.72 Å². The molecule has 3 rings (SSSR count). The molecule has 49 heavy (non-hydrogen) atoms. The van der Waals surface area contributed by atoms with E-state index in [0.717, 1.165) is 12.1 Å². The highest BCUT2D eigenvalue weighted by atomic mass is 32.2. The molecule has 24 heteroatoms. The summed E-state index contributed by atoms with van der Waals surface area (Å²) in [6, 6.07) is 3.86. The zero-order valence-electron chi connectivity index (χ0n) is 24.6. The number of carbonyl (C=O) groups is 1. The van der Waals surface area contributed by atoms with Crippen LogP contribution in [-0.2, 0) is 25.6 Å². The zero-order valence-corrected chi connectivity index (χ0v) is 27.1. The first-order valence-electron chi connectivity index (χ1n) is 13.3. The normalized spacial score (nSPS) is 13.2. The van der Waals surface area contributed by atoms with Crippen molar-refractivity contribution in [2.45, 2.75) is 29.4 Å². The summed E-state index contributed by atoms with van der Waals surface area (Å²) < 4.78 is 156. The predicted octanol–water partition coefficient (Wildman–Crippen LogP) is 1.26. The van der Waals surface area contributed by atoms with Gasteiger partial charge in [-0.25, -0.2) is 21.9 Å². The van der Waals surface area contributed by atoms with E-state index in [-0.39, 0.29) is 30.6 Å². The Labute approximate surface area is 275 Å². The monoisotopic (exact) mass is 772 g/mol. The SMILES string of the molecule is N#Cc1ccc(OP(=O)([O-])CNS(=O)(=O)c2cc3c(F)c(OCCC[NH3+])c(OCCC[NH3+])c(F)c3s2)cc1C(F)(F)F.O=C([O-])C(F)(F)F. The van der Waals surface area contributed by atoms with Crippen LogP contribution in [0.3, 0.4) is 0 Å². The molecule has 0 saturated heterocycles. The standard InChI is InChI=1S/C23H24F5N4O7PS2.C2HF3O2/c24-18-15-10-17(41-22(15)19(25)21(38-8-2-6-30)20(18)37-7-1-5-29)42(35,36)32-12-40(33,34)39-14-4-3-13(11-31)16(9-14)23(26,27)28;3-2(4,5)1(6)7/h3-4,9-10,32H,1-2,5-8,12,29-30H2,(H,33,34);(H,6,7). The van der Waals surface area contributed by atoms with Crippen molar-refractivity contribution < 1.29 is 88.4 Å². The molecular formula is C25H25F8N4O9PS2. The molecule has 0 fully saturated rings. The molecule has 3 aromatic rings. The Morgan fingerprint density at radius 1 is 1.00 bits per heavy atom. The number of nitrogens with zero attached hydrogens (tertiary/aromatic N) is 1. The maximum absolute atomic E-state index is 15.4. The summed E-state index contributed by atoms with van der Waals surface area (Å²) in [5, 5.41) is 17.2. The van der Waals surface area contributed by atoms with Crippen LogP contribution in [0.5, 0.6) is 17.2 Å². The van der Waals surface area contributed by atoms with Crippen LogP contribution in [0.4, 0.5) is 35.1 Å². The molecule has 1 unspecified atom stereocenters. The van der Waals surface area contributed by atoms with Crippen molar-refractivity contribution in [2.24, 2.45) is 0 Å². The Morgan fingerprint density at radius 3 is 2.00 bits per heavy atom. The molecule has 1 atom stereocenters. The van der Waals surface area contributed by atoms with Crippen LogP contribution in [-0.4, -0.2) is 53.2 Å². The van der Waals surface area contributed by atoms with Gasteiger partial charge in [-0.05, 0) is 24.3 Å². The number of hydrogen-bond acceptors (Lipinski definition) is 11. The van der Waals surface area contributed by atoms with Gasteiger partial charge in [-0.1, -0.05) is 0 Å². The van der Waals surface area contributed by atoms with E-state index in [0.29, 0.717) is 32.0 Å². The lowest BCUT2D eigenvalue weighted by Gasteiger charge is -2.24. The number of hydrogen-bond donors (Lipinski definition) is 3.